The molecule has 1 fully saturated rings. The van der Waals surface area contributed by atoms with Crippen LogP contribution in [0.3, 0.4) is 0 Å². The van der Waals surface area contributed by atoms with Crippen LogP contribution in [-0.2, 0) is 30.8 Å². The molecule has 0 bridgehead atoms. The zero-order chi connectivity index (χ0) is 21.6. The molecule has 0 saturated carbocycles. The average molecular weight is 432 g/mol. The van der Waals surface area contributed by atoms with Gasteiger partial charge < -0.3 is 15.4 Å². The van der Waals surface area contributed by atoms with Crippen LogP contribution in [0, 0.1) is 6.92 Å². The third-order valence-electron chi connectivity index (χ3n) is 4.76. The van der Waals surface area contributed by atoms with E-state index in [-0.39, 0.29) is 24.6 Å². The number of hydrogen-bond donors (Lipinski definition) is 2. The van der Waals surface area contributed by atoms with Gasteiger partial charge in [0.1, 0.15) is 6.23 Å². The van der Waals surface area contributed by atoms with Crippen LogP contribution < -0.4 is 10.6 Å². The Morgan fingerprint density at radius 1 is 1.03 bits per heavy atom. The largest absolute Gasteiger partial charge is 0.359 e. The Bertz CT molecular complexity index is 977. The van der Waals surface area contributed by atoms with Crippen molar-refractivity contribution in [3.05, 3.63) is 65.7 Å². The molecule has 2 aromatic rings. The molecule has 1 aliphatic heterocycles. The smallest absolute Gasteiger partial charge is 0.309 e. The summed E-state index contributed by atoms with van der Waals surface area (Å²) >= 11 is 0. The minimum Gasteiger partial charge on any atom is -0.359 e. The number of sulfonamides is 1. The molecule has 2 amide bonds. The maximum Gasteiger partial charge on any atom is 0.309 e. The lowest BCUT2D eigenvalue weighted by molar-refractivity contribution is -0.139. The molecular weight excluding hydrogens is 406 g/mol. The second-order valence-electron chi connectivity index (χ2n) is 6.96. The third kappa shape index (κ3) is 5.44. The van der Waals surface area contributed by atoms with Gasteiger partial charge in [-0.05, 0) is 31.0 Å². The highest BCUT2D eigenvalue weighted by Crippen LogP contribution is 2.22. The Balaban J connectivity index is 1.50. The number of nitrogens with zero attached hydrogens (tertiary/aromatic N) is 1. The fraction of sp³-hybridized carbons (Fsp3) is 0.333. The number of nitrogens with one attached hydrogen (secondary N) is 2. The molecule has 160 valence electrons. The molecule has 0 aromatic heterocycles. The van der Waals surface area contributed by atoms with Crippen molar-refractivity contribution < 1.29 is 22.7 Å². The summed E-state index contributed by atoms with van der Waals surface area (Å²) in [5.74, 6) is -1.59. The van der Waals surface area contributed by atoms with Gasteiger partial charge in [-0.25, -0.2) is 8.42 Å². The quantitative estimate of drug-likeness (QED) is 0.632. The fourth-order valence-corrected chi connectivity index (χ4v) is 4.60. The van der Waals surface area contributed by atoms with E-state index >= 15 is 0 Å². The first-order chi connectivity index (χ1) is 14.4. The van der Waals surface area contributed by atoms with Gasteiger partial charge in [-0.3, -0.25) is 9.59 Å². The van der Waals surface area contributed by atoms with E-state index in [1.54, 1.807) is 24.3 Å². The molecule has 3 rings (SSSR count). The van der Waals surface area contributed by atoms with E-state index in [2.05, 4.69) is 10.6 Å². The molecule has 1 atom stereocenters. The Morgan fingerprint density at radius 2 is 1.70 bits per heavy atom. The molecule has 2 aromatic carbocycles. The molecule has 0 aliphatic carbocycles. The highest BCUT2D eigenvalue weighted by atomic mass is 32.2. The fourth-order valence-electron chi connectivity index (χ4n) is 3.09. The maximum absolute atomic E-state index is 12.9. The predicted molar refractivity (Wildman–Crippen MR) is 111 cm³/mol. The molecule has 0 spiro atoms. The molecule has 1 aliphatic rings. The first-order valence-corrected chi connectivity index (χ1v) is 11.1. The summed E-state index contributed by atoms with van der Waals surface area (Å²) < 4.78 is 32.4. The number of amides is 2. The number of hydrogen-bond acceptors (Lipinski definition) is 5. The zero-order valence-electron chi connectivity index (χ0n) is 16.7. The van der Waals surface area contributed by atoms with Crippen LogP contribution in [0.15, 0.2) is 59.5 Å². The van der Waals surface area contributed by atoms with Crippen molar-refractivity contribution >= 4 is 21.8 Å². The van der Waals surface area contributed by atoms with Crippen molar-refractivity contribution in [1.29, 1.82) is 0 Å². The first kappa shape index (κ1) is 21.9. The lowest BCUT2D eigenvalue weighted by Gasteiger charge is -2.22. The van der Waals surface area contributed by atoms with Crippen LogP contribution in [0.5, 0.6) is 0 Å². The molecule has 8 nitrogen and oxygen atoms in total. The zero-order valence-corrected chi connectivity index (χ0v) is 17.5. The average Bonchev–Trinajstić information content (AvgIpc) is 3.22. The van der Waals surface area contributed by atoms with Crippen molar-refractivity contribution in [1.82, 2.24) is 14.9 Å². The Hall–Kier alpha value is -2.75. The van der Waals surface area contributed by atoms with Crippen LogP contribution in [-0.4, -0.2) is 57.0 Å². The van der Waals surface area contributed by atoms with Gasteiger partial charge in [-0.15, -0.1) is 0 Å². The van der Waals surface area contributed by atoms with Crippen molar-refractivity contribution in [3.8, 4) is 0 Å². The van der Waals surface area contributed by atoms with Gasteiger partial charge in [0, 0.05) is 13.1 Å². The maximum atomic E-state index is 12.9. The molecule has 2 N–H and O–H groups in total. The Labute approximate surface area is 176 Å². The van der Waals surface area contributed by atoms with Crippen LogP contribution in [0.1, 0.15) is 11.1 Å². The second-order valence-corrected chi connectivity index (χ2v) is 8.85. The molecule has 0 radical (unpaired) electrons. The lowest BCUT2D eigenvalue weighted by atomic mass is 10.1. The van der Waals surface area contributed by atoms with E-state index in [0.29, 0.717) is 13.0 Å². The highest BCUT2D eigenvalue weighted by Gasteiger charge is 2.36. The summed E-state index contributed by atoms with van der Waals surface area (Å²) in [5.41, 5.74) is 2.00. The Kier molecular flexibility index (Phi) is 7.20. The van der Waals surface area contributed by atoms with E-state index in [9.17, 15) is 18.0 Å². The molecular formula is C21H25N3O5S. The molecule has 9 heteroatoms. The van der Waals surface area contributed by atoms with Crippen LogP contribution in [0.25, 0.3) is 0 Å². The normalized spacial score (nSPS) is 16.9. The van der Waals surface area contributed by atoms with Crippen LogP contribution in [0.4, 0.5) is 0 Å². The molecule has 1 heterocycles. The van der Waals surface area contributed by atoms with Crippen LogP contribution in [0.2, 0.25) is 0 Å². The van der Waals surface area contributed by atoms with E-state index in [1.165, 1.54) is 4.31 Å². The summed E-state index contributed by atoms with van der Waals surface area (Å²) in [6.07, 6.45) is -0.258. The van der Waals surface area contributed by atoms with E-state index < -0.39 is 28.1 Å². The van der Waals surface area contributed by atoms with Crippen molar-refractivity contribution in [2.45, 2.75) is 24.5 Å². The van der Waals surface area contributed by atoms with Crippen molar-refractivity contribution in [2.24, 2.45) is 0 Å². The van der Waals surface area contributed by atoms with Gasteiger partial charge in [0.2, 0.25) is 10.0 Å². The van der Waals surface area contributed by atoms with Crippen LogP contribution >= 0.6 is 0 Å². The standard InChI is InChI=1S/C21H25N3O5S/c1-16-7-9-18(10-8-16)30(27,28)24-13-14-29-19(24)15-23-21(26)20(25)22-12-11-17-5-3-2-4-6-17/h2-10,19H,11-15H2,1H3,(H,22,25)(H,23,26)/t19-/m1/s1. The number of ether oxygens (including phenoxy) is 1. The second kappa shape index (κ2) is 9.84. The van der Waals surface area contributed by atoms with E-state index in [0.717, 1.165) is 11.1 Å². The predicted octanol–water partition coefficient (Wildman–Crippen LogP) is 0.817. The number of carbonyl (C=O) groups excluding carboxylic acids is 2. The van der Waals surface area contributed by atoms with Gasteiger partial charge in [-0.2, -0.15) is 4.31 Å². The number of benzene rings is 2. The van der Waals surface area contributed by atoms with Gasteiger partial charge in [0.05, 0.1) is 18.0 Å². The summed E-state index contributed by atoms with van der Waals surface area (Å²) in [4.78, 5) is 24.2. The van der Waals surface area contributed by atoms with Crippen molar-refractivity contribution in [2.75, 3.05) is 26.2 Å². The Morgan fingerprint density at radius 3 is 2.40 bits per heavy atom. The molecule has 0 unspecified atom stereocenters. The number of carbonyl (C=O) groups is 2. The van der Waals surface area contributed by atoms with E-state index in [4.69, 9.17) is 4.74 Å². The van der Waals surface area contributed by atoms with Gasteiger partial charge in [0.25, 0.3) is 0 Å². The molecule has 30 heavy (non-hydrogen) atoms. The SMILES string of the molecule is Cc1ccc(S(=O)(=O)N2CCO[C@@H]2CNC(=O)C(=O)NCCc2ccccc2)cc1. The minimum absolute atomic E-state index is 0.115. The molecule has 1 saturated heterocycles. The highest BCUT2D eigenvalue weighted by molar-refractivity contribution is 7.89. The van der Waals surface area contributed by atoms with Gasteiger partial charge >= 0.3 is 11.8 Å². The van der Waals surface area contributed by atoms with Gasteiger partial charge in [0.15, 0.2) is 0 Å². The third-order valence-corrected chi connectivity index (χ3v) is 6.66. The summed E-state index contributed by atoms with van der Waals surface area (Å²) in [6.45, 7) is 2.48. The summed E-state index contributed by atoms with van der Waals surface area (Å²) in [5, 5.41) is 5.01. The number of aryl methyl sites for hydroxylation is 1. The summed E-state index contributed by atoms with van der Waals surface area (Å²) in [7, 11) is -3.76. The van der Waals surface area contributed by atoms with Gasteiger partial charge in [-0.1, -0.05) is 48.0 Å². The lowest BCUT2D eigenvalue weighted by Crippen LogP contribution is -2.47. The minimum atomic E-state index is -3.76. The number of rotatable bonds is 7. The topological polar surface area (TPSA) is 105 Å². The summed E-state index contributed by atoms with van der Waals surface area (Å²) in [6, 6.07) is 16.1. The monoisotopic (exact) mass is 431 g/mol. The van der Waals surface area contributed by atoms with Crippen molar-refractivity contribution in [3.63, 3.8) is 0 Å². The first-order valence-electron chi connectivity index (χ1n) is 9.68. The van der Waals surface area contributed by atoms with E-state index in [1.807, 2.05) is 37.3 Å².